The largest absolute Gasteiger partial charge is 0.491 e. The maximum atomic E-state index is 10.0. The van der Waals surface area contributed by atoms with Crippen molar-refractivity contribution in [3.63, 3.8) is 0 Å². The van der Waals surface area contributed by atoms with Gasteiger partial charge in [-0.3, -0.25) is 4.90 Å². The summed E-state index contributed by atoms with van der Waals surface area (Å²) in [6, 6.07) is 8.09. The quantitative estimate of drug-likeness (QED) is 0.778. The average molecular weight is 280 g/mol. The zero-order chi connectivity index (χ0) is 14.5. The number of aliphatic hydroxyl groups is 2. The molecule has 2 N–H and O–H groups in total. The fraction of sp³-hybridized carbons (Fsp3) is 0.600. The Labute approximate surface area is 120 Å². The number of rotatable bonds is 6. The van der Waals surface area contributed by atoms with E-state index in [0.717, 1.165) is 24.4 Å². The van der Waals surface area contributed by atoms with Gasteiger partial charge in [-0.25, -0.2) is 0 Å². The van der Waals surface area contributed by atoms with Gasteiger partial charge in [-0.2, -0.15) is 0 Å². The summed E-state index contributed by atoms with van der Waals surface area (Å²) in [7, 11) is 4.00. The lowest BCUT2D eigenvalue weighted by molar-refractivity contribution is 0.112. The molecule has 20 heavy (non-hydrogen) atoms. The molecule has 112 valence electrons. The molecule has 1 aromatic rings. The van der Waals surface area contributed by atoms with E-state index in [0.29, 0.717) is 13.2 Å². The van der Waals surface area contributed by atoms with Crippen LogP contribution in [0.3, 0.4) is 0 Å². The SMILES string of the molecule is CN(C)[C@H]1CN(Cc2cccc(OCCO)c2)C[C@@H]1O. The molecule has 0 spiro atoms. The van der Waals surface area contributed by atoms with Crippen molar-refractivity contribution in [3.05, 3.63) is 29.8 Å². The Bertz CT molecular complexity index is 425. The van der Waals surface area contributed by atoms with E-state index >= 15 is 0 Å². The van der Waals surface area contributed by atoms with Crippen LogP contribution in [0.5, 0.6) is 5.75 Å². The van der Waals surface area contributed by atoms with Crippen molar-refractivity contribution in [2.24, 2.45) is 0 Å². The van der Waals surface area contributed by atoms with Gasteiger partial charge < -0.3 is 19.8 Å². The molecule has 5 nitrogen and oxygen atoms in total. The summed E-state index contributed by atoms with van der Waals surface area (Å²) >= 11 is 0. The monoisotopic (exact) mass is 280 g/mol. The Morgan fingerprint density at radius 3 is 2.80 bits per heavy atom. The van der Waals surface area contributed by atoms with Crippen LogP contribution in [0, 0.1) is 0 Å². The number of ether oxygens (including phenoxy) is 1. The van der Waals surface area contributed by atoms with Crippen molar-refractivity contribution in [2.45, 2.75) is 18.7 Å². The first kappa shape index (κ1) is 15.3. The molecule has 2 atom stereocenters. The van der Waals surface area contributed by atoms with Gasteiger partial charge in [-0.1, -0.05) is 12.1 Å². The molecule has 1 fully saturated rings. The second-order valence-electron chi connectivity index (χ2n) is 5.51. The van der Waals surface area contributed by atoms with Crippen LogP contribution >= 0.6 is 0 Å². The average Bonchev–Trinajstić information content (AvgIpc) is 2.78. The molecule has 0 radical (unpaired) electrons. The summed E-state index contributed by atoms with van der Waals surface area (Å²) in [5.41, 5.74) is 1.16. The van der Waals surface area contributed by atoms with Crippen molar-refractivity contribution in [2.75, 3.05) is 40.4 Å². The van der Waals surface area contributed by atoms with Crippen LogP contribution in [0.4, 0.5) is 0 Å². The molecule has 0 unspecified atom stereocenters. The first-order valence-electron chi connectivity index (χ1n) is 6.99. The highest BCUT2D eigenvalue weighted by Gasteiger charge is 2.32. The summed E-state index contributed by atoms with van der Waals surface area (Å²) in [5.74, 6) is 0.778. The van der Waals surface area contributed by atoms with Crippen molar-refractivity contribution >= 4 is 0 Å². The number of hydrogen-bond acceptors (Lipinski definition) is 5. The standard InChI is InChI=1S/C15H24N2O3/c1-16(2)14-10-17(11-15(14)19)9-12-4-3-5-13(8-12)20-7-6-18/h3-5,8,14-15,18-19H,6-7,9-11H2,1-2H3/t14-,15-/m0/s1. The highest BCUT2D eigenvalue weighted by Crippen LogP contribution is 2.19. The second kappa shape index (κ2) is 7.04. The molecule has 1 saturated heterocycles. The number of aliphatic hydroxyl groups excluding tert-OH is 2. The fourth-order valence-electron chi connectivity index (χ4n) is 2.64. The summed E-state index contributed by atoms with van der Waals surface area (Å²) in [5, 5.41) is 18.8. The highest BCUT2D eigenvalue weighted by molar-refractivity contribution is 5.28. The van der Waals surface area contributed by atoms with Gasteiger partial charge in [0.2, 0.25) is 0 Å². The predicted molar refractivity (Wildman–Crippen MR) is 77.8 cm³/mol. The third-order valence-electron chi connectivity index (χ3n) is 3.66. The van der Waals surface area contributed by atoms with Gasteiger partial charge in [0.25, 0.3) is 0 Å². The zero-order valence-corrected chi connectivity index (χ0v) is 12.2. The Morgan fingerprint density at radius 2 is 2.15 bits per heavy atom. The van der Waals surface area contributed by atoms with Crippen molar-refractivity contribution in [1.82, 2.24) is 9.80 Å². The highest BCUT2D eigenvalue weighted by atomic mass is 16.5. The first-order valence-corrected chi connectivity index (χ1v) is 6.99. The molecule has 0 aliphatic carbocycles. The minimum Gasteiger partial charge on any atom is -0.491 e. The first-order chi connectivity index (χ1) is 9.60. The zero-order valence-electron chi connectivity index (χ0n) is 12.2. The molecular weight excluding hydrogens is 256 g/mol. The molecule has 0 saturated carbocycles. The maximum absolute atomic E-state index is 10.0. The summed E-state index contributed by atoms with van der Waals surface area (Å²) in [6.07, 6.45) is -0.293. The minimum absolute atomic E-state index is 0.0209. The van der Waals surface area contributed by atoms with E-state index in [4.69, 9.17) is 9.84 Å². The van der Waals surface area contributed by atoms with Gasteiger partial charge in [-0.15, -0.1) is 0 Å². The molecular formula is C15H24N2O3. The van der Waals surface area contributed by atoms with Crippen LogP contribution in [0.15, 0.2) is 24.3 Å². The molecule has 1 aliphatic heterocycles. The number of nitrogens with zero attached hydrogens (tertiary/aromatic N) is 2. The van der Waals surface area contributed by atoms with Crippen LogP contribution in [0.1, 0.15) is 5.56 Å². The minimum atomic E-state index is -0.293. The lowest BCUT2D eigenvalue weighted by Crippen LogP contribution is -2.37. The number of β-amino-alcohol motifs (C(OH)–C–C–N with tert-alkyl or cyclic N) is 1. The van der Waals surface area contributed by atoms with Gasteiger partial charge in [0, 0.05) is 25.7 Å². The van der Waals surface area contributed by atoms with Crippen molar-refractivity contribution in [1.29, 1.82) is 0 Å². The Hall–Kier alpha value is -1.14. The van der Waals surface area contributed by atoms with Crippen LogP contribution in [0.2, 0.25) is 0 Å². The second-order valence-corrected chi connectivity index (χ2v) is 5.51. The number of hydrogen-bond donors (Lipinski definition) is 2. The van der Waals surface area contributed by atoms with Gasteiger partial charge >= 0.3 is 0 Å². The van der Waals surface area contributed by atoms with Crippen LogP contribution in [-0.4, -0.2) is 72.6 Å². The molecule has 1 aromatic carbocycles. The number of likely N-dealkylation sites (tertiary alicyclic amines) is 1. The van der Waals surface area contributed by atoms with Crippen molar-refractivity contribution in [3.8, 4) is 5.75 Å². The summed E-state index contributed by atoms with van der Waals surface area (Å²) in [6.45, 7) is 2.71. The molecule has 0 amide bonds. The molecule has 5 heteroatoms. The van der Waals surface area contributed by atoms with Crippen molar-refractivity contribution < 1.29 is 14.9 Å². The van der Waals surface area contributed by atoms with E-state index in [9.17, 15) is 5.11 Å². The summed E-state index contributed by atoms with van der Waals surface area (Å²) in [4.78, 5) is 4.33. The van der Waals surface area contributed by atoms with E-state index in [1.807, 2.05) is 32.3 Å². The van der Waals surface area contributed by atoms with Gasteiger partial charge in [0.05, 0.1) is 12.7 Å². The third kappa shape index (κ3) is 3.93. The van der Waals surface area contributed by atoms with E-state index in [1.54, 1.807) is 0 Å². The van der Waals surface area contributed by atoms with Gasteiger partial charge in [0.1, 0.15) is 12.4 Å². The predicted octanol–water partition coefficient (Wildman–Crippen LogP) is 0.164. The Morgan fingerprint density at radius 1 is 1.35 bits per heavy atom. The summed E-state index contributed by atoms with van der Waals surface area (Å²) < 4.78 is 5.41. The van der Waals surface area contributed by atoms with E-state index in [2.05, 4.69) is 15.9 Å². The molecule has 1 aliphatic rings. The molecule has 2 rings (SSSR count). The normalized spacial score (nSPS) is 23.4. The smallest absolute Gasteiger partial charge is 0.119 e. The Balaban J connectivity index is 1.93. The number of benzene rings is 1. The van der Waals surface area contributed by atoms with Crippen LogP contribution < -0.4 is 4.74 Å². The van der Waals surface area contributed by atoms with E-state index < -0.39 is 0 Å². The van der Waals surface area contributed by atoms with Gasteiger partial charge in [0.15, 0.2) is 0 Å². The van der Waals surface area contributed by atoms with Crippen LogP contribution in [-0.2, 0) is 6.54 Å². The van der Waals surface area contributed by atoms with E-state index in [1.165, 1.54) is 0 Å². The topological polar surface area (TPSA) is 56.2 Å². The molecule has 0 bridgehead atoms. The number of likely N-dealkylation sites (N-methyl/N-ethyl adjacent to an activating group) is 1. The van der Waals surface area contributed by atoms with Crippen LogP contribution in [0.25, 0.3) is 0 Å². The lowest BCUT2D eigenvalue weighted by atomic mass is 10.2. The third-order valence-corrected chi connectivity index (χ3v) is 3.66. The fourth-order valence-corrected chi connectivity index (χ4v) is 2.64. The maximum Gasteiger partial charge on any atom is 0.119 e. The lowest BCUT2D eigenvalue weighted by Gasteiger charge is -2.21. The molecule has 1 heterocycles. The Kier molecular flexibility index (Phi) is 5.37. The van der Waals surface area contributed by atoms with Gasteiger partial charge in [-0.05, 0) is 31.8 Å². The molecule has 0 aromatic heterocycles. The van der Waals surface area contributed by atoms with E-state index in [-0.39, 0.29) is 18.8 Å².